The van der Waals surface area contributed by atoms with Crippen LogP contribution in [-0.4, -0.2) is 11.3 Å². The Morgan fingerprint density at radius 3 is 1.64 bits per heavy atom. The number of halogens is 1. The third-order valence-corrected chi connectivity index (χ3v) is 11.0. The van der Waals surface area contributed by atoms with Gasteiger partial charge in [-0.25, -0.2) is 0 Å². The van der Waals surface area contributed by atoms with Crippen molar-refractivity contribution >= 4 is 18.5 Å². The number of rotatable bonds is 2. The molecule has 1 aliphatic heterocycles. The smallest absolute Gasteiger partial charge is 0.0100 e. The molecule has 0 aromatic heterocycles. The van der Waals surface area contributed by atoms with Gasteiger partial charge >= 0.3 is 0 Å². The first-order chi connectivity index (χ1) is 10.8. The summed E-state index contributed by atoms with van der Waals surface area (Å²) in [5, 5.41) is 0.571. The van der Waals surface area contributed by atoms with E-state index in [1.807, 2.05) is 0 Å². The fourth-order valence-electron chi connectivity index (χ4n) is 5.86. The molecule has 128 valence electrons. The topological polar surface area (TPSA) is 0 Å². The lowest BCUT2D eigenvalue weighted by molar-refractivity contribution is 0.160. The molecule has 3 fully saturated rings. The van der Waals surface area contributed by atoms with Crippen LogP contribution in [0, 0.1) is 11.8 Å². The predicted molar refractivity (Wildman–Crippen MR) is 101 cm³/mol. The molecule has 1 heterocycles. The van der Waals surface area contributed by atoms with Gasteiger partial charge in [0.05, 0.1) is 0 Å². The van der Waals surface area contributed by atoms with Crippen molar-refractivity contribution in [1.82, 2.24) is 0 Å². The van der Waals surface area contributed by atoms with Crippen LogP contribution in [0.1, 0.15) is 103 Å². The summed E-state index contributed by atoms with van der Waals surface area (Å²) in [5.74, 6) is 1.96. The van der Waals surface area contributed by atoms with Gasteiger partial charge in [0.15, 0.2) is 0 Å². The van der Waals surface area contributed by atoms with Gasteiger partial charge in [-0.05, 0) is 63.8 Å². The summed E-state index contributed by atoms with van der Waals surface area (Å²) in [6.45, 7) is 0. The fourth-order valence-corrected chi connectivity index (χ4v) is 9.93. The monoisotopic (exact) mass is 342 g/mol. The van der Waals surface area contributed by atoms with E-state index >= 15 is 0 Å². The molecule has 0 spiro atoms. The molecule has 1 atom stereocenters. The van der Waals surface area contributed by atoms with Crippen molar-refractivity contribution in [2.45, 2.75) is 108 Å². The van der Waals surface area contributed by atoms with E-state index in [2.05, 4.69) is 0 Å². The molecule has 0 nitrogen and oxygen atoms in total. The average Bonchev–Trinajstić information content (AvgIpc) is 2.68. The minimum Gasteiger partial charge on any atom is -0.0958 e. The molecule has 1 saturated heterocycles. The van der Waals surface area contributed by atoms with Crippen molar-refractivity contribution in [3.8, 4) is 0 Å². The van der Waals surface area contributed by atoms with Gasteiger partial charge in [0.2, 0.25) is 0 Å². The quantitative estimate of drug-likeness (QED) is 0.448. The molecular formula is C20H36ClP. The van der Waals surface area contributed by atoms with Crippen molar-refractivity contribution in [2.24, 2.45) is 11.8 Å². The van der Waals surface area contributed by atoms with E-state index in [1.54, 1.807) is 0 Å². The molecular weight excluding hydrogens is 307 g/mol. The maximum absolute atomic E-state index is 7.32. The minimum atomic E-state index is -0.274. The molecule has 3 aliphatic rings. The third-order valence-electron chi connectivity index (χ3n) is 7.01. The Hall–Kier alpha value is 0.720. The molecule has 2 heteroatoms. The van der Waals surface area contributed by atoms with Gasteiger partial charge in [0, 0.05) is 5.16 Å². The van der Waals surface area contributed by atoms with Crippen molar-refractivity contribution in [3.63, 3.8) is 0 Å². The van der Waals surface area contributed by atoms with Crippen LogP contribution >= 0.6 is 18.5 Å². The second kappa shape index (κ2) is 8.71. The Kier molecular flexibility index (Phi) is 6.94. The maximum atomic E-state index is 7.32. The summed E-state index contributed by atoms with van der Waals surface area (Å²) in [6, 6.07) is 0. The molecule has 22 heavy (non-hydrogen) atoms. The SMILES string of the molecule is ClP1CCCCCCCC1(C1CCCCC1)C1CCCCC1. The lowest BCUT2D eigenvalue weighted by Crippen LogP contribution is -2.45. The van der Waals surface area contributed by atoms with Crippen LogP contribution < -0.4 is 0 Å². The molecule has 0 N–H and O–H groups in total. The summed E-state index contributed by atoms with van der Waals surface area (Å²) < 4.78 is 0. The van der Waals surface area contributed by atoms with Gasteiger partial charge < -0.3 is 0 Å². The van der Waals surface area contributed by atoms with Crippen molar-refractivity contribution in [1.29, 1.82) is 0 Å². The van der Waals surface area contributed by atoms with Gasteiger partial charge in [0.25, 0.3) is 0 Å². The lowest BCUT2D eigenvalue weighted by atomic mass is 9.67. The van der Waals surface area contributed by atoms with Gasteiger partial charge in [0.1, 0.15) is 0 Å². The van der Waals surface area contributed by atoms with E-state index in [0.29, 0.717) is 5.16 Å². The molecule has 3 rings (SSSR count). The zero-order valence-corrected chi connectivity index (χ0v) is 16.2. The second-order valence-corrected chi connectivity index (χ2v) is 11.5. The Morgan fingerprint density at radius 2 is 1.05 bits per heavy atom. The van der Waals surface area contributed by atoms with E-state index in [-0.39, 0.29) is 7.27 Å². The standard InChI is InChI=1S/C20H36ClP/c21-22-17-11-3-1-2-10-16-20(22,18-12-6-4-7-13-18)19-14-8-5-9-15-19/h18-19H,1-17H2. The molecule has 1 unspecified atom stereocenters. The minimum absolute atomic E-state index is 0.274. The summed E-state index contributed by atoms with van der Waals surface area (Å²) in [4.78, 5) is 0. The Morgan fingerprint density at radius 1 is 0.591 bits per heavy atom. The second-order valence-electron chi connectivity index (χ2n) is 8.26. The summed E-state index contributed by atoms with van der Waals surface area (Å²) in [7, 11) is -0.274. The Labute approximate surface area is 144 Å². The molecule has 0 amide bonds. The summed E-state index contributed by atoms with van der Waals surface area (Å²) >= 11 is 7.32. The zero-order valence-electron chi connectivity index (χ0n) is 14.5. The van der Waals surface area contributed by atoms with Gasteiger partial charge in [-0.15, -0.1) is 0 Å². The van der Waals surface area contributed by atoms with Crippen LogP contribution in [0.2, 0.25) is 0 Å². The Bertz CT molecular complexity index is 300. The van der Waals surface area contributed by atoms with Crippen LogP contribution in [0.15, 0.2) is 0 Å². The highest BCUT2D eigenvalue weighted by Crippen LogP contribution is 2.68. The van der Waals surface area contributed by atoms with E-state index in [4.69, 9.17) is 11.2 Å². The van der Waals surface area contributed by atoms with Gasteiger partial charge in [-0.2, -0.15) is 0 Å². The summed E-state index contributed by atoms with van der Waals surface area (Å²) in [5.41, 5.74) is 0. The van der Waals surface area contributed by atoms with Crippen LogP contribution in [0.5, 0.6) is 0 Å². The first-order valence-corrected chi connectivity index (χ1v) is 12.7. The fraction of sp³-hybridized carbons (Fsp3) is 1.00. The van der Waals surface area contributed by atoms with Gasteiger partial charge in [-0.3, -0.25) is 0 Å². The van der Waals surface area contributed by atoms with Crippen molar-refractivity contribution < 1.29 is 0 Å². The predicted octanol–water partition coefficient (Wildman–Crippen LogP) is 7.88. The highest BCUT2D eigenvalue weighted by molar-refractivity contribution is 7.85. The van der Waals surface area contributed by atoms with Gasteiger partial charge in [-0.1, -0.05) is 75.4 Å². The highest BCUT2D eigenvalue weighted by Gasteiger charge is 2.49. The zero-order chi connectivity index (χ0) is 15.3. The summed E-state index contributed by atoms with van der Waals surface area (Å²) in [6.07, 6.45) is 25.0. The van der Waals surface area contributed by atoms with Crippen LogP contribution in [0.4, 0.5) is 0 Å². The molecule has 0 radical (unpaired) electrons. The van der Waals surface area contributed by atoms with Crippen molar-refractivity contribution in [3.05, 3.63) is 0 Å². The van der Waals surface area contributed by atoms with Crippen LogP contribution in [-0.2, 0) is 0 Å². The number of hydrogen-bond donors (Lipinski definition) is 0. The lowest BCUT2D eigenvalue weighted by Gasteiger charge is -2.52. The Balaban J connectivity index is 1.86. The first kappa shape index (κ1) is 17.5. The largest absolute Gasteiger partial charge is 0.0958 e. The molecule has 0 aromatic rings. The van der Waals surface area contributed by atoms with Crippen LogP contribution in [0.3, 0.4) is 0 Å². The van der Waals surface area contributed by atoms with E-state index in [9.17, 15) is 0 Å². The van der Waals surface area contributed by atoms with E-state index in [1.165, 1.54) is 109 Å². The van der Waals surface area contributed by atoms with Crippen LogP contribution in [0.25, 0.3) is 0 Å². The van der Waals surface area contributed by atoms with Crippen molar-refractivity contribution in [2.75, 3.05) is 6.16 Å². The highest BCUT2D eigenvalue weighted by atomic mass is 35.7. The van der Waals surface area contributed by atoms with E-state index < -0.39 is 0 Å². The molecule has 2 saturated carbocycles. The molecule has 0 aromatic carbocycles. The normalized spacial score (nSPS) is 32.9. The third kappa shape index (κ3) is 3.85. The molecule has 2 aliphatic carbocycles. The van der Waals surface area contributed by atoms with E-state index in [0.717, 1.165) is 11.8 Å². The maximum Gasteiger partial charge on any atom is 0.0100 e. The first-order valence-electron chi connectivity index (χ1n) is 10.3. The number of hydrogen-bond acceptors (Lipinski definition) is 0. The molecule has 0 bridgehead atoms. The average molecular weight is 343 g/mol.